The summed E-state index contributed by atoms with van der Waals surface area (Å²) in [5, 5.41) is 14.2. The van der Waals surface area contributed by atoms with E-state index in [-0.39, 0.29) is 6.42 Å². The highest BCUT2D eigenvalue weighted by Crippen LogP contribution is 2.32. The molecule has 0 spiro atoms. The lowest BCUT2D eigenvalue weighted by Crippen LogP contribution is -2.24. The van der Waals surface area contributed by atoms with E-state index in [1.54, 1.807) is 0 Å². The quantitative estimate of drug-likeness (QED) is 0.506. The second-order valence-corrected chi connectivity index (χ2v) is 7.13. The molecule has 29 heavy (non-hydrogen) atoms. The number of aromatic amines is 1. The normalized spacial score (nSPS) is 11.2. The Balaban J connectivity index is 1.57. The third-order valence-corrected chi connectivity index (χ3v) is 5.23. The average molecular weight is 377 g/mol. The molecule has 4 heteroatoms. The summed E-state index contributed by atoms with van der Waals surface area (Å²) < 4.78 is 0. The van der Waals surface area contributed by atoms with E-state index >= 15 is 0 Å². The van der Waals surface area contributed by atoms with Crippen molar-refractivity contribution >= 4 is 27.8 Å². The molecule has 2 aromatic heterocycles. The molecule has 3 aromatic carbocycles. The van der Waals surface area contributed by atoms with Crippen LogP contribution in [0.4, 0.5) is 0 Å². The van der Waals surface area contributed by atoms with E-state index in [1.165, 1.54) is 10.8 Å². The minimum absolute atomic E-state index is 0.0815. The molecule has 5 aromatic rings. The van der Waals surface area contributed by atoms with Crippen molar-refractivity contribution in [2.45, 2.75) is 6.42 Å². The van der Waals surface area contributed by atoms with Crippen LogP contribution in [0.1, 0.15) is 5.56 Å². The molecule has 0 saturated heterocycles. The zero-order valence-corrected chi connectivity index (χ0v) is 15.6. The fourth-order valence-electron chi connectivity index (χ4n) is 3.74. The molecule has 0 amide bonds. The van der Waals surface area contributed by atoms with Crippen LogP contribution in [0.5, 0.6) is 0 Å². The molecule has 0 fully saturated rings. The Bertz CT molecular complexity index is 1350. The number of benzene rings is 3. The van der Waals surface area contributed by atoms with Gasteiger partial charge in [0.05, 0.1) is 0 Å². The van der Waals surface area contributed by atoms with E-state index in [0.717, 1.165) is 38.9 Å². The van der Waals surface area contributed by atoms with Crippen molar-refractivity contribution in [1.29, 1.82) is 0 Å². The summed E-state index contributed by atoms with van der Waals surface area (Å²) in [6.45, 7) is 0. The summed E-state index contributed by atoms with van der Waals surface area (Å²) in [5.41, 5.74) is 5.77. The first kappa shape index (κ1) is 17.2. The lowest BCUT2D eigenvalue weighted by Gasteiger charge is -2.06. The van der Waals surface area contributed by atoms with Gasteiger partial charge in [0.1, 0.15) is 5.65 Å². The molecule has 0 radical (unpaired) electrons. The Labute approximate surface area is 167 Å². The SMILES string of the molecule is O=C([O-])Cc1ccc(-c2c[nH]c3ncc(-c4ccc5ccccc5c4)cc23)cc1. The highest BCUT2D eigenvalue weighted by Gasteiger charge is 2.10. The molecular formula is C25H17N2O2-. The predicted molar refractivity (Wildman–Crippen MR) is 113 cm³/mol. The fourth-order valence-corrected chi connectivity index (χ4v) is 3.74. The monoisotopic (exact) mass is 377 g/mol. The third kappa shape index (κ3) is 3.25. The molecule has 0 aliphatic heterocycles. The van der Waals surface area contributed by atoms with E-state index < -0.39 is 5.97 Å². The van der Waals surface area contributed by atoms with Gasteiger partial charge in [-0.2, -0.15) is 0 Å². The van der Waals surface area contributed by atoms with Gasteiger partial charge in [0.25, 0.3) is 0 Å². The number of nitrogens with zero attached hydrogens (tertiary/aromatic N) is 1. The zero-order chi connectivity index (χ0) is 19.8. The van der Waals surface area contributed by atoms with Crippen molar-refractivity contribution < 1.29 is 9.90 Å². The van der Waals surface area contributed by atoms with E-state index in [4.69, 9.17) is 0 Å². The first-order chi connectivity index (χ1) is 14.2. The summed E-state index contributed by atoms with van der Waals surface area (Å²) in [6.07, 6.45) is 3.74. The number of pyridine rings is 1. The number of H-pyrrole nitrogens is 1. The number of hydrogen-bond donors (Lipinski definition) is 1. The number of fused-ring (bicyclic) bond motifs is 2. The zero-order valence-electron chi connectivity index (χ0n) is 15.6. The Kier molecular flexibility index (Phi) is 4.10. The van der Waals surface area contributed by atoms with Gasteiger partial charge < -0.3 is 14.9 Å². The number of aliphatic carboxylic acids is 1. The molecule has 2 heterocycles. The lowest BCUT2D eigenvalue weighted by atomic mass is 9.99. The van der Waals surface area contributed by atoms with Gasteiger partial charge in [-0.3, -0.25) is 0 Å². The number of carbonyl (C=O) groups excluding carboxylic acids is 1. The van der Waals surface area contributed by atoms with E-state index in [9.17, 15) is 9.90 Å². The summed E-state index contributed by atoms with van der Waals surface area (Å²) in [4.78, 5) is 18.6. The molecule has 0 saturated carbocycles. The smallest absolute Gasteiger partial charge is 0.137 e. The van der Waals surface area contributed by atoms with Crippen LogP contribution in [-0.4, -0.2) is 15.9 Å². The number of hydrogen-bond acceptors (Lipinski definition) is 3. The predicted octanol–water partition coefficient (Wildman–Crippen LogP) is 4.34. The maximum Gasteiger partial charge on any atom is 0.137 e. The number of carboxylic acids is 1. The Hall–Kier alpha value is -3.92. The van der Waals surface area contributed by atoms with Crippen molar-refractivity contribution in [2.75, 3.05) is 0 Å². The van der Waals surface area contributed by atoms with E-state index in [1.807, 2.05) is 48.8 Å². The molecule has 5 rings (SSSR count). The molecule has 0 unspecified atom stereocenters. The van der Waals surface area contributed by atoms with Crippen LogP contribution in [0.15, 0.2) is 85.2 Å². The third-order valence-electron chi connectivity index (χ3n) is 5.23. The van der Waals surface area contributed by atoms with Gasteiger partial charge in [0, 0.05) is 41.3 Å². The summed E-state index contributed by atoms with van der Waals surface area (Å²) in [5.74, 6) is -1.07. The summed E-state index contributed by atoms with van der Waals surface area (Å²) in [7, 11) is 0. The number of carbonyl (C=O) groups is 1. The fraction of sp³-hybridized carbons (Fsp3) is 0.0400. The van der Waals surface area contributed by atoms with Gasteiger partial charge in [0.2, 0.25) is 0 Å². The second-order valence-electron chi connectivity index (χ2n) is 7.13. The molecular weight excluding hydrogens is 360 g/mol. The summed E-state index contributed by atoms with van der Waals surface area (Å²) >= 11 is 0. The molecule has 0 atom stereocenters. The first-order valence-electron chi connectivity index (χ1n) is 9.43. The van der Waals surface area contributed by atoms with Crippen molar-refractivity contribution in [3.05, 3.63) is 90.8 Å². The van der Waals surface area contributed by atoms with Crippen LogP contribution < -0.4 is 5.11 Å². The maximum absolute atomic E-state index is 10.8. The first-order valence-corrected chi connectivity index (χ1v) is 9.43. The highest BCUT2D eigenvalue weighted by atomic mass is 16.4. The van der Waals surface area contributed by atoms with Crippen LogP contribution in [0, 0.1) is 0 Å². The largest absolute Gasteiger partial charge is 0.550 e. The van der Waals surface area contributed by atoms with Crippen LogP contribution in [0.25, 0.3) is 44.1 Å². The van der Waals surface area contributed by atoms with Crippen molar-refractivity contribution in [3.8, 4) is 22.3 Å². The molecule has 140 valence electrons. The van der Waals surface area contributed by atoms with Gasteiger partial charge in [0.15, 0.2) is 0 Å². The van der Waals surface area contributed by atoms with E-state index in [0.29, 0.717) is 0 Å². The average Bonchev–Trinajstić information content (AvgIpc) is 3.17. The molecule has 0 bridgehead atoms. The summed E-state index contributed by atoms with van der Waals surface area (Å²) in [6, 6.07) is 24.4. The Morgan fingerprint density at radius 3 is 2.41 bits per heavy atom. The minimum atomic E-state index is -1.07. The van der Waals surface area contributed by atoms with Crippen molar-refractivity contribution in [2.24, 2.45) is 0 Å². The van der Waals surface area contributed by atoms with E-state index in [2.05, 4.69) is 46.4 Å². The van der Waals surface area contributed by atoms with Gasteiger partial charge in [-0.1, -0.05) is 60.7 Å². The molecule has 4 nitrogen and oxygen atoms in total. The minimum Gasteiger partial charge on any atom is -0.550 e. The van der Waals surface area contributed by atoms with Crippen LogP contribution in [-0.2, 0) is 11.2 Å². The highest BCUT2D eigenvalue weighted by molar-refractivity contribution is 5.96. The Morgan fingerprint density at radius 1 is 0.862 bits per heavy atom. The number of rotatable bonds is 4. The molecule has 1 N–H and O–H groups in total. The van der Waals surface area contributed by atoms with Crippen LogP contribution in [0.3, 0.4) is 0 Å². The van der Waals surface area contributed by atoms with Gasteiger partial charge >= 0.3 is 0 Å². The van der Waals surface area contributed by atoms with Gasteiger partial charge in [-0.25, -0.2) is 4.98 Å². The van der Waals surface area contributed by atoms with Crippen molar-refractivity contribution in [1.82, 2.24) is 9.97 Å². The van der Waals surface area contributed by atoms with Crippen LogP contribution in [0.2, 0.25) is 0 Å². The standard InChI is InChI=1S/C25H18N2O2/c28-24(29)11-16-5-7-18(8-6-16)23-15-27-25-22(23)13-21(14-26-25)20-10-9-17-3-1-2-4-19(17)12-20/h1-10,12-15H,11H2,(H,26,27)(H,28,29)/p-1. The second kappa shape index (κ2) is 6.91. The molecule has 0 aliphatic carbocycles. The van der Waals surface area contributed by atoms with Crippen LogP contribution >= 0.6 is 0 Å². The number of aromatic nitrogens is 2. The Morgan fingerprint density at radius 2 is 1.62 bits per heavy atom. The van der Waals surface area contributed by atoms with Gasteiger partial charge in [-0.05, 0) is 39.6 Å². The lowest BCUT2D eigenvalue weighted by molar-refractivity contribution is -0.304. The number of nitrogens with one attached hydrogen (secondary N) is 1. The van der Waals surface area contributed by atoms with Gasteiger partial charge in [-0.15, -0.1) is 0 Å². The maximum atomic E-state index is 10.8. The number of carboxylic acid groups (broad SMARTS) is 1. The van der Waals surface area contributed by atoms with Crippen molar-refractivity contribution in [3.63, 3.8) is 0 Å². The molecule has 0 aliphatic rings. The topological polar surface area (TPSA) is 68.8 Å².